The number of ether oxygens (including phenoxy) is 3. The molecule has 0 bridgehead atoms. The van der Waals surface area contributed by atoms with Gasteiger partial charge in [-0.15, -0.1) is 0 Å². The van der Waals surface area contributed by atoms with E-state index >= 15 is 0 Å². The molecule has 0 amide bonds. The summed E-state index contributed by atoms with van der Waals surface area (Å²) in [4.78, 5) is 24.8. The van der Waals surface area contributed by atoms with Crippen LogP contribution >= 0.6 is 0 Å². The first kappa shape index (κ1) is 20.9. The van der Waals surface area contributed by atoms with E-state index in [0.717, 1.165) is 11.1 Å². The van der Waals surface area contributed by atoms with Crippen molar-refractivity contribution >= 4 is 17.8 Å². The van der Waals surface area contributed by atoms with Crippen molar-refractivity contribution in [2.24, 2.45) is 0 Å². The van der Waals surface area contributed by atoms with Crippen LogP contribution in [0.25, 0.3) is 6.08 Å². The number of benzene rings is 3. The van der Waals surface area contributed by atoms with E-state index in [4.69, 9.17) is 14.2 Å². The maximum absolute atomic E-state index is 12.5. The second-order valence-corrected chi connectivity index (χ2v) is 6.56. The van der Waals surface area contributed by atoms with Gasteiger partial charge in [-0.2, -0.15) is 0 Å². The summed E-state index contributed by atoms with van der Waals surface area (Å²) < 4.78 is 16.1. The lowest BCUT2D eigenvalue weighted by Crippen LogP contribution is -2.10. The van der Waals surface area contributed by atoms with Crippen LogP contribution in [-0.2, 0) is 0 Å². The van der Waals surface area contributed by atoms with Crippen molar-refractivity contribution in [3.63, 3.8) is 0 Å². The molecular formula is C25H22O5. The van der Waals surface area contributed by atoms with E-state index in [1.807, 2.05) is 19.1 Å². The van der Waals surface area contributed by atoms with Gasteiger partial charge < -0.3 is 14.2 Å². The summed E-state index contributed by atoms with van der Waals surface area (Å²) in [5.41, 5.74) is 2.77. The molecule has 0 heterocycles. The van der Waals surface area contributed by atoms with Crippen LogP contribution in [0.2, 0.25) is 0 Å². The Balaban J connectivity index is 1.77. The maximum Gasteiger partial charge on any atom is 0.347 e. The average molecular weight is 402 g/mol. The molecule has 0 unspecified atom stereocenters. The molecule has 3 rings (SSSR count). The molecule has 0 saturated heterocycles. The predicted molar refractivity (Wildman–Crippen MR) is 115 cm³/mol. The third kappa shape index (κ3) is 4.94. The molecule has 0 N–H and O–H groups in total. The minimum absolute atomic E-state index is 0.0966. The first-order valence-corrected chi connectivity index (χ1v) is 9.34. The fourth-order valence-electron chi connectivity index (χ4n) is 2.83. The highest BCUT2D eigenvalue weighted by molar-refractivity contribution is 6.06. The van der Waals surface area contributed by atoms with Gasteiger partial charge >= 0.3 is 5.97 Å². The Morgan fingerprint density at radius 3 is 2.20 bits per heavy atom. The lowest BCUT2D eigenvalue weighted by molar-refractivity contribution is 0.0726. The van der Waals surface area contributed by atoms with Crippen molar-refractivity contribution in [1.29, 1.82) is 0 Å². The third-order valence-corrected chi connectivity index (χ3v) is 4.48. The summed E-state index contributed by atoms with van der Waals surface area (Å²) in [7, 11) is 2.98. The van der Waals surface area contributed by atoms with Gasteiger partial charge in [-0.05, 0) is 42.8 Å². The van der Waals surface area contributed by atoms with E-state index in [1.165, 1.54) is 20.3 Å². The zero-order valence-electron chi connectivity index (χ0n) is 17.0. The normalized spacial score (nSPS) is 10.6. The van der Waals surface area contributed by atoms with Crippen LogP contribution in [0.1, 0.15) is 31.8 Å². The number of ketones is 1. The van der Waals surface area contributed by atoms with Crippen molar-refractivity contribution in [2.45, 2.75) is 6.92 Å². The van der Waals surface area contributed by atoms with Crippen LogP contribution in [0.3, 0.4) is 0 Å². The van der Waals surface area contributed by atoms with E-state index in [1.54, 1.807) is 60.7 Å². The lowest BCUT2D eigenvalue weighted by Gasteiger charge is -2.11. The molecule has 0 fully saturated rings. The van der Waals surface area contributed by atoms with E-state index < -0.39 is 5.97 Å². The van der Waals surface area contributed by atoms with E-state index in [0.29, 0.717) is 22.6 Å². The monoisotopic (exact) mass is 402 g/mol. The highest BCUT2D eigenvalue weighted by atomic mass is 16.6. The summed E-state index contributed by atoms with van der Waals surface area (Å²) >= 11 is 0. The van der Waals surface area contributed by atoms with Gasteiger partial charge in [-0.25, -0.2) is 4.79 Å². The second kappa shape index (κ2) is 9.56. The number of methoxy groups -OCH3 is 2. The largest absolute Gasteiger partial charge is 0.496 e. The molecule has 0 atom stereocenters. The molecule has 5 heteroatoms. The molecule has 30 heavy (non-hydrogen) atoms. The highest BCUT2D eigenvalue weighted by Gasteiger charge is 2.16. The van der Waals surface area contributed by atoms with E-state index in [9.17, 15) is 9.59 Å². The van der Waals surface area contributed by atoms with Crippen LogP contribution in [-0.4, -0.2) is 26.0 Å². The van der Waals surface area contributed by atoms with Gasteiger partial charge in [0.2, 0.25) is 0 Å². The number of carbonyl (C=O) groups excluding carboxylic acids is 2. The molecule has 152 valence electrons. The molecule has 3 aromatic carbocycles. The van der Waals surface area contributed by atoms with Gasteiger partial charge in [-0.1, -0.05) is 54.1 Å². The van der Waals surface area contributed by atoms with Crippen molar-refractivity contribution in [3.05, 3.63) is 95.1 Å². The molecule has 5 nitrogen and oxygen atoms in total. The Kier molecular flexibility index (Phi) is 6.65. The van der Waals surface area contributed by atoms with Gasteiger partial charge in [0, 0.05) is 5.56 Å². The number of allylic oxidation sites excluding steroid dienone is 1. The number of carbonyl (C=O) groups is 2. The first-order chi connectivity index (χ1) is 14.5. The highest BCUT2D eigenvalue weighted by Crippen LogP contribution is 2.30. The summed E-state index contributed by atoms with van der Waals surface area (Å²) in [5.74, 6) is 0.429. The quantitative estimate of drug-likeness (QED) is 0.237. The fraction of sp³-hybridized carbons (Fsp3) is 0.120. The Morgan fingerprint density at radius 2 is 1.50 bits per heavy atom. The number of hydrogen-bond donors (Lipinski definition) is 0. The summed E-state index contributed by atoms with van der Waals surface area (Å²) in [6.45, 7) is 1.97. The van der Waals surface area contributed by atoms with Crippen LogP contribution in [0.4, 0.5) is 0 Å². The third-order valence-electron chi connectivity index (χ3n) is 4.48. The van der Waals surface area contributed by atoms with Crippen molar-refractivity contribution in [2.75, 3.05) is 14.2 Å². The number of hydrogen-bond acceptors (Lipinski definition) is 5. The smallest absolute Gasteiger partial charge is 0.347 e. The molecule has 3 aromatic rings. The molecular weight excluding hydrogens is 380 g/mol. The zero-order chi connectivity index (χ0) is 21.5. The van der Waals surface area contributed by atoms with E-state index in [2.05, 4.69) is 0 Å². The molecule has 0 spiro atoms. The second-order valence-electron chi connectivity index (χ2n) is 6.56. The van der Waals surface area contributed by atoms with Crippen molar-refractivity contribution in [3.8, 4) is 17.2 Å². The van der Waals surface area contributed by atoms with Crippen LogP contribution in [0, 0.1) is 6.92 Å². The average Bonchev–Trinajstić information content (AvgIpc) is 2.78. The first-order valence-electron chi connectivity index (χ1n) is 9.34. The SMILES string of the molecule is COc1cc(C=CC(=O)c2ccc(C)cc2)ccc1OC(=O)c1ccccc1OC. The van der Waals surface area contributed by atoms with Gasteiger partial charge in [0.15, 0.2) is 17.3 Å². The Labute approximate surface area is 175 Å². The van der Waals surface area contributed by atoms with Crippen LogP contribution in [0.15, 0.2) is 72.8 Å². The van der Waals surface area contributed by atoms with Crippen molar-refractivity contribution < 1.29 is 23.8 Å². The van der Waals surface area contributed by atoms with Gasteiger partial charge in [0.25, 0.3) is 0 Å². The van der Waals surface area contributed by atoms with Gasteiger partial charge in [0.05, 0.1) is 14.2 Å². The predicted octanol–water partition coefficient (Wildman–Crippen LogP) is 5.13. The summed E-state index contributed by atoms with van der Waals surface area (Å²) in [6, 6.07) is 19.3. The topological polar surface area (TPSA) is 61.8 Å². The Hall–Kier alpha value is -3.86. The number of rotatable bonds is 7. The minimum Gasteiger partial charge on any atom is -0.496 e. The van der Waals surface area contributed by atoms with Gasteiger partial charge in [-0.3, -0.25) is 4.79 Å². The Morgan fingerprint density at radius 1 is 0.800 bits per heavy atom. The molecule has 0 aromatic heterocycles. The number of aryl methyl sites for hydroxylation is 1. The molecule has 0 aliphatic carbocycles. The molecule has 0 saturated carbocycles. The van der Waals surface area contributed by atoms with Gasteiger partial charge in [0.1, 0.15) is 11.3 Å². The number of para-hydroxylation sites is 1. The summed E-state index contributed by atoms with van der Waals surface area (Å²) in [6.07, 6.45) is 3.19. The lowest BCUT2D eigenvalue weighted by atomic mass is 10.1. The van der Waals surface area contributed by atoms with Crippen molar-refractivity contribution in [1.82, 2.24) is 0 Å². The molecule has 0 radical (unpaired) electrons. The zero-order valence-corrected chi connectivity index (χ0v) is 17.0. The summed E-state index contributed by atoms with van der Waals surface area (Å²) in [5, 5.41) is 0. The van der Waals surface area contributed by atoms with E-state index in [-0.39, 0.29) is 11.5 Å². The molecule has 0 aliphatic heterocycles. The van der Waals surface area contributed by atoms with Crippen LogP contribution in [0.5, 0.6) is 17.2 Å². The van der Waals surface area contributed by atoms with Crippen LogP contribution < -0.4 is 14.2 Å². The minimum atomic E-state index is -0.552. The number of esters is 1. The standard InChI is InChI=1S/C25H22O5/c1-17-8-12-19(13-9-17)21(26)14-10-18-11-15-23(24(16-18)29-3)30-25(27)20-6-4-5-7-22(20)28-2/h4-16H,1-3H3. The maximum atomic E-state index is 12.5. The Bertz CT molecular complexity index is 1080. The molecule has 0 aliphatic rings. The fourth-order valence-corrected chi connectivity index (χ4v) is 2.83.